The molecule has 3 rings (SSSR count). The van der Waals surface area contributed by atoms with Crippen molar-refractivity contribution >= 4 is 11.0 Å². The summed E-state index contributed by atoms with van der Waals surface area (Å²) in [5.41, 5.74) is 0.257. The Morgan fingerprint density at radius 1 is 1.40 bits per heavy atom. The third-order valence-corrected chi connectivity index (χ3v) is 3.13. The lowest BCUT2D eigenvalue weighted by Gasteiger charge is -2.10. The van der Waals surface area contributed by atoms with Gasteiger partial charge in [-0.3, -0.25) is 9.36 Å². The fourth-order valence-electron chi connectivity index (χ4n) is 1.95. The molecule has 0 saturated heterocycles. The molecule has 7 heteroatoms. The van der Waals surface area contributed by atoms with Gasteiger partial charge in [-0.15, -0.1) is 0 Å². The van der Waals surface area contributed by atoms with E-state index in [2.05, 4.69) is 20.1 Å². The normalized spacial score (nSPS) is 12.7. The summed E-state index contributed by atoms with van der Waals surface area (Å²) in [5, 5.41) is 4.31. The zero-order valence-electron chi connectivity index (χ0n) is 11.1. The average Bonchev–Trinajstić information content (AvgIpc) is 2.96. The van der Waals surface area contributed by atoms with Crippen LogP contribution in [0.1, 0.15) is 31.6 Å². The molecule has 3 heterocycles. The van der Waals surface area contributed by atoms with Crippen molar-refractivity contribution in [2.45, 2.75) is 26.3 Å². The van der Waals surface area contributed by atoms with E-state index in [1.165, 1.54) is 10.9 Å². The fraction of sp³-hybridized carbons (Fsp3) is 0.308. The number of pyridine rings is 1. The molecule has 0 fully saturated rings. The van der Waals surface area contributed by atoms with Gasteiger partial charge < -0.3 is 4.52 Å². The molecule has 3 aromatic heterocycles. The minimum Gasteiger partial charge on any atom is -0.337 e. The van der Waals surface area contributed by atoms with E-state index in [1.54, 1.807) is 18.3 Å². The van der Waals surface area contributed by atoms with Crippen LogP contribution in [0.3, 0.4) is 0 Å². The predicted octanol–water partition coefficient (Wildman–Crippen LogP) is 1.35. The van der Waals surface area contributed by atoms with Gasteiger partial charge in [0.2, 0.25) is 5.89 Å². The molecule has 102 valence electrons. The minimum absolute atomic E-state index is 0.174. The molecule has 0 bridgehead atoms. The van der Waals surface area contributed by atoms with Crippen LogP contribution in [-0.2, 0) is 6.42 Å². The summed E-state index contributed by atoms with van der Waals surface area (Å²) in [7, 11) is 0. The van der Waals surface area contributed by atoms with Gasteiger partial charge in [-0.1, -0.05) is 12.1 Å². The number of hydrogen-bond acceptors (Lipinski definition) is 6. The van der Waals surface area contributed by atoms with Crippen molar-refractivity contribution in [2.24, 2.45) is 0 Å². The van der Waals surface area contributed by atoms with Crippen molar-refractivity contribution in [2.75, 3.05) is 0 Å². The molecule has 0 aliphatic carbocycles. The molecule has 0 aliphatic rings. The van der Waals surface area contributed by atoms with E-state index >= 15 is 0 Å². The Balaban J connectivity index is 2.09. The quantitative estimate of drug-likeness (QED) is 0.714. The molecule has 0 aromatic carbocycles. The van der Waals surface area contributed by atoms with Gasteiger partial charge in [0.15, 0.2) is 11.5 Å². The smallest absolute Gasteiger partial charge is 0.263 e. The number of hydrogen-bond donors (Lipinski definition) is 0. The highest BCUT2D eigenvalue weighted by molar-refractivity contribution is 5.72. The van der Waals surface area contributed by atoms with Crippen molar-refractivity contribution in [3.8, 4) is 0 Å². The first-order chi connectivity index (χ1) is 9.70. The Kier molecular flexibility index (Phi) is 3.02. The van der Waals surface area contributed by atoms with E-state index in [1.807, 2.05) is 13.8 Å². The fourth-order valence-corrected chi connectivity index (χ4v) is 1.95. The second-order valence-corrected chi connectivity index (χ2v) is 4.41. The second kappa shape index (κ2) is 4.84. The summed E-state index contributed by atoms with van der Waals surface area (Å²) in [6, 6.07) is 3.04. The average molecular weight is 271 g/mol. The first-order valence-electron chi connectivity index (χ1n) is 6.35. The molecule has 0 amide bonds. The molecule has 0 radical (unpaired) electrons. The molecule has 0 aliphatic heterocycles. The van der Waals surface area contributed by atoms with E-state index < -0.39 is 0 Å². The summed E-state index contributed by atoms with van der Waals surface area (Å²) >= 11 is 0. The highest BCUT2D eigenvalue weighted by Crippen LogP contribution is 2.14. The largest absolute Gasteiger partial charge is 0.337 e. The van der Waals surface area contributed by atoms with Crippen LogP contribution in [-0.4, -0.2) is 24.7 Å². The number of rotatable bonds is 3. The summed E-state index contributed by atoms with van der Waals surface area (Å²) in [4.78, 5) is 24.9. The number of aromatic nitrogens is 5. The van der Waals surface area contributed by atoms with Crippen molar-refractivity contribution in [1.29, 1.82) is 0 Å². The second-order valence-electron chi connectivity index (χ2n) is 4.41. The van der Waals surface area contributed by atoms with Crippen molar-refractivity contribution in [3.63, 3.8) is 0 Å². The highest BCUT2D eigenvalue weighted by atomic mass is 16.5. The third-order valence-electron chi connectivity index (χ3n) is 3.13. The van der Waals surface area contributed by atoms with Crippen LogP contribution in [0.2, 0.25) is 0 Å². The van der Waals surface area contributed by atoms with E-state index in [9.17, 15) is 4.79 Å². The topological polar surface area (TPSA) is 86.7 Å². The van der Waals surface area contributed by atoms with E-state index in [0.29, 0.717) is 29.2 Å². The third kappa shape index (κ3) is 1.97. The van der Waals surface area contributed by atoms with Gasteiger partial charge in [-0.25, -0.2) is 9.97 Å². The molecule has 0 saturated carbocycles. The molecular formula is C13H13N5O2. The number of aryl methyl sites for hydroxylation is 1. The lowest BCUT2D eigenvalue weighted by atomic mass is 10.3. The number of nitrogens with zero attached hydrogens (tertiary/aromatic N) is 5. The van der Waals surface area contributed by atoms with Crippen LogP contribution in [0.25, 0.3) is 11.0 Å². The first-order valence-corrected chi connectivity index (χ1v) is 6.35. The number of fused-ring (bicyclic) bond motifs is 1. The van der Waals surface area contributed by atoms with Gasteiger partial charge >= 0.3 is 0 Å². The van der Waals surface area contributed by atoms with Crippen LogP contribution < -0.4 is 5.56 Å². The lowest BCUT2D eigenvalue weighted by Crippen LogP contribution is -2.24. The van der Waals surface area contributed by atoms with Gasteiger partial charge in [-0.05, 0) is 19.1 Å². The molecule has 0 N–H and O–H groups in total. The van der Waals surface area contributed by atoms with Crippen LogP contribution in [0.15, 0.2) is 34.0 Å². The van der Waals surface area contributed by atoms with Gasteiger partial charge in [0, 0.05) is 12.6 Å². The Hall–Kier alpha value is -2.57. The highest BCUT2D eigenvalue weighted by Gasteiger charge is 2.18. The van der Waals surface area contributed by atoms with Gasteiger partial charge in [0.25, 0.3) is 5.56 Å². The molecule has 1 atom stereocenters. The van der Waals surface area contributed by atoms with E-state index in [0.717, 1.165) is 0 Å². The predicted molar refractivity (Wildman–Crippen MR) is 71.3 cm³/mol. The van der Waals surface area contributed by atoms with Gasteiger partial charge in [0.05, 0.1) is 5.39 Å². The van der Waals surface area contributed by atoms with Crippen molar-refractivity contribution in [1.82, 2.24) is 24.7 Å². The lowest BCUT2D eigenvalue weighted by molar-refractivity contribution is 0.339. The van der Waals surface area contributed by atoms with Gasteiger partial charge in [-0.2, -0.15) is 4.98 Å². The Labute approximate surface area is 114 Å². The summed E-state index contributed by atoms with van der Waals surface area (Å²) in [5.74, 6) is 1.02. The maximum atomic E-state index is 12.4. The van der Waals surface area contributed by atoms with Crippen molar-refractivity contribution < 1.29 is 4.52 Å². The molecule has 0 unspecified atom stereocenters. The summed E-state index contributed by atoms with van der Waals surface area (Å²) in [6.07, 6.45) is 3.75. The molecule has 20 heavy (non-hydrogen) atoms. The first kappa shape index (κ1) is 12.5. The Morgan fingerprint density at radius 2 is 2.25 bits per heavy atom. The zero-order valence-corrected chi connectivity index (χ0v) is 11.1. The molecular weight excluding hydrogens is 258 g/mol. The standard InChI is InChI=1S/C13H13N5O2/c1-3-10-16-12(20-17-10)8(2)18-7-15-11-9(13(18)19)5-4-6-14-11/h4-8H,3H2,1-2H3/t8-/m1/s1. The van der Waals surface area contributed by atoms with E-state index in [4.69, 9.17) is 4.52 Å². The monoisotopic (exact) mass is 271 g/mol. The maximum Gasteiger partial charge on any atom is 0.263 e. The molecule has 3 aromatic rings. The molecule has 0 spiro atoms. The van der Waals surface area contributed by atoms with Gasteiger partial charge in [0.1, 0.15) is 12.4 Å². The zero-order chi connectivity index (χ0) is 14.1. The summed E-state index contributed by atoms with van der Waals surface area (Å²) in [6.45, 7) is 3.76. The van der Waals surface area contributed by atoms with Crippen LogP contribution >= 0.6 is 0 Å². The Morgan fingerprint density at radius 3 is 3.00 bits per heavy atom. The van der Waals surface area contributed by atoms with Crippen LogP contribution in [0.4, 0.5) is 0 Å². The Bertz CT molecular complexity index is 808. The SMILES string of the molecule is CCc1noc([C@@H](C)n2cnc3ncccc3c2=O)n1. The maximum absolute atomic E-state index is 12.4. The van der Waals surface area contributed by atoms with Crippen LogP contribution in [0, 0.1) is 0 Å². The molecule has 7 nitrogen and oxygen atoms in total. The van der Waals surface area contributed by atoms with Crippen molar-refractivity contribution in [3.05, 3.63) is 46.7 Å². The van der Waals surface area contributed by atoms with E-state index in [-0.39, 0.29) is 11.6 Å². The minimum atomic E-state index is -0.368. The summed E-state index contributed by atoms with van der Waals surface area (Å²) < 4.78 is 6.64. The van der Waals surface area contributed by atoms with Crippen LogP contribution in [0.5, 0.6) is 0 Å².